The topological polar surface area (TPSA) is 43.8 Å². The number of hydrogen-bond donors (Lipinski definition) is 1. The van der Waals surface area contributed by atoms with E-state index in [9.17, 15) is 0 Å². The maximum Gasteiger partial charge on any atom is 0.109 e. The molecule has 0 amide bonds. The Labute approximate surface area is 104 Å². The summed E-state index contributed by atoms with van der Waals surface area (Å²) in [5.74, 6) is 1.97. The van der Waals surface area contributed by atoms with Gasteiger partial charge in [0, 0.05) is 31.9 Å². The molecular formula is C14H25N3. The molecule has 1 unspecified atom stereocenters. The summed E-state index contributed by atoms with van der Waals surface area (Å²) in [5.41, 5.74) is 6.26. The first-order valence-electron chi connectivity index (χ1n) is 6.97. The van der Waals surface area contributed by atoms with Crippen molar-refractivity contribution in [1.82, 2.24) is 9.55 Å². The van der Waals surface area contributed by atoms with E-state index in [1.807, 2.05) is 19.4 Å². The number of aryl methyl sites for hydroxylation is 1. The van der Waals surface area contributed by atoms with E-state index in [-0.39, 0.29) is 6.04 Å². The molecule has 2 N–H and O–H groups in total. The monoisotopic (exact) mass is 235 g/mol. The average molecular weight is 235 g/mol. The number of imidazole rings is 1. The lowest BCUT2D eigenvalue weighted by molar-refractivity contribution is 0.383. The van der Waals surface area contributed by atoms with E-state index >= 15 is 0 Å². The Morgan fingerprint density at radius 1 is 1.35 bits per heavy atom. The maximum atomic E-state index is 6.26. The van der Waals surface area contributed by atoms with Crippen LogP contribution in [-0.2, 0) is 13.5 Å². The Bertz CT molecular complexity index is 324. The van der Waals surface area contributed by atoms with Crippen LogP contribution in [0, 0.1) is 5.92 Å². The maximum absolute atomic E-state index is 6.26. The highest BCUT2D eigenvalue weighted by Crippen LogP contribution is 2.26. The largest absolute Gasteiger partial charge is 0.338 e. The number of hydrogen-bond acceptors (Lipinski definition) is 2. The van der Waals surface area contributed by atoms with E-state index in [0.717, 1.165) is 18.2 Å². The van der Waals surface area contributed by atoms with E-state index in [4.69, 9.17) is 5.73 Å². The van der Waals surface area contributed by atoms with Crippen LogP contribution in [0.25, 0.3) is 0 Å². The first kappa shape index (κ1) is 12.6. The summed E-state index contributed by atoms with van der Waals surface area (Å²) in [6.07, 6.45) is 14.4. The minimum absolute atomic E-state index is 0.277. The second kappa shape index (κ2) is 6.20. The lowest BCUT2D eigenvalue weighted by Crippen LogP contribution is -2.27. The third-order valence-corrected chi connectivity index (χ3v) is 3.98. The molecule has 1 saturated carbocycles. The number of nitrogens with zero attached hydrogens (tertiary/aromatic N) is 2. The van der Waals surface area contributed by atoms with E-state index < -0.39 is 0 Å². The second-order valence-corrected chi connectivity index (χ2v) is 5.51. The van der Waals surface area contributed by atoms with Crippen LogP contribution < -0.4 is 5.73 Å². The highest BCUT2D eigenvalue weighted by molar-refractivity contribution is 4.94. The average Bonchev–Trinajstić information content (AvgIpc) is 2.55. The molecule has 1 aromatic rings. The van der Waals surface area contributed by atoms with Gasteiger partial charge < -0.3 is 10.3 Å². The SMILES string of the molecule is Cn1ccnc1CC(N)CC1CCCCCC1. The smallest absolute Gasteiger partial charge is 0.109 e. The fourth-order valence-corrected chi connectivity index (χ4v) is 2.94. The molecule has 1 fully saturated rings. The van der Waals surface area contributed by atoms with Crippen LogP contribution in [0.2, 0.25) is 0 Å². The lowest BCUT2D eigenvalue weighted by atomic mass is 9.91. The molecule has 0 radical (unpaired) electrons. The van der Waals surface area contributed by atoms with Crippen molar-refractivity contribution in [1.29, 1.82) is 0 Å². The molecule has 0 aliphatic heterocycles. The van der Waals surface area contributed by atoms with Gasteiger partial charge in [0.05, 0.1) is 0 Å². The van der Waals surface area contributed by atoms with Crippen molar-refractivity contribution >= 4 is 0 Å². The van der Waals surface area contributed by atoms with Gasteiger partial charge in [0.15, 0.2) is 0 Å². The van der Waals surface area contributed by atoms with Crippen LogP contribution in [0.3, 0.4) is 0 Å². The zero-order valence-electron chi connectivity index (χ0n) is 10.9. The summed E-state index contributed by atoms with van der Waals surface area (Å²) in [6, 6.07) is 0.277. The summed E-state index contributed by atoms with van der Waals surface area (Å²) in [6.45, 7) is 0. The summed E-state index contributed by atoms with van der Waals surface area (Å²) in [4.78, 5) is 4.35. The molecule has 1 aliphatic carbocycles. The Balaban J connectivity index is 1.80. The van der Waals surface area contributed by atoms with Crippen molar-refractivity contribution in [3.8, 4) is 0 Å². The minimum atomic E-state index is 0.277. The standard InChI is InChI=1S/C14H25N3/c1-17-9-8-16-14(17)11-13(15)10-12-6-4-2-3-5-7-12/h8-9,12-13H,2-7,10-11,15H2,1H3. The predicted molar refractivity (Wildman–Crippen MR) is 70.7 cm³/mol. The first-order valence-corrected chi connectivity index (χ1v) is 6.97. The van der Waals surface area contributed by atoms with Gasteiger partial charge >= 0.3 is 0 Å². The van der Waals surface area contributed by atoms with Gasteiger partial charge in [0.25, 0.3) is 0 Å². The number of aromatic nitrogens is 2. The molecule has 2 rings (SSSR count). The zero-order valence-corrected chi connectivity index (χ0v) is 10.9. The minimum Gasteiger partial charge on any atom is -0.338 e. The van der Waals surface area contributed by atoms with Gasteiger partial charge in [-0.2, -0.15) is 0 Å². The van der Waals surface area contributed by atoms with Crippen molar-refractivity contribution in [3.63, 3.8) is 0 Å². The van der Waals surface area contributed by atoms with Gasteiger partial charge in [-0.05, 0) is 12.3 Å². The molecular weight excluding hydrogens is 210 g/mol. The van der Waals surface area contributed by atoms with Crippen LogP contribution in [0.4, 0.5) is 0 Å². The van der Waals surface area contributed by atoms with Crippen LogP contribution in [0.1, 0.15) is 50.8 Å². The highest BCUT2D eigenvalue weighted by Gasteiger charge is 2.17. The molecule has 1 heterocycles. The molecule has 1 atom stereocenters. The van der Waals surface area contributed by atoms with Gasteiger partial charge in [-0.1, -0.05) is 38.5 Å². The fourth-order valence-electron chi connectivity index (χ4n) is 2.94. The first-order chi connectivity index (χ1) is 8.25. The van der Waals surface area contributed by atoms with Crippen LogP contribution >= 0.6 is 0 Å². The van der Waals surface area contributed by atoms with Crippen molar-refractivity contribution in [2.24, 2.45) is 18.7 Å². The predicted octanol–water partition coefficient (Wildman–Crippen LogP) is 2.65. The van der Waals surface area contributed by atoms with Gasteiger partial charge in [-0.25, -0.2) is 4.98 Å². The Morgan fingerprint density at radius 3 is 2.65 bits per heavy atom. The molecule has 3 heteroatoms. The third kappa shape index (κ3) is 3.84. The third-order valence-electron chi connectivity index (χ3n) is 3.98. The van der Waals surface area contributed by atoms with Gasteiger partial charge in [0.2, 0.25) is 0 Å². The van der Waals surface area contributed by atoms with Crippen molar-refractivity contribution in [2.45, 2.75) is 57.4 Å². The Hall–Kier alpha value is -0.830. The summed E-state index contributed by atoms with van der Waals surface area (Å²) in [7, 11) is 2.04. The quantitative estimate of drug-likeness (QED) is 0.815. The molecule has 0 bridgehead atoms. The number of rotatable bonds is 4. The fraction of sp³-hybridized carbons (Fsp3) is 0.786. The zero-order chi connectivity index (χ0) is 12.1. The van der Waals surface area contributed by atoms with E-state index in [2.05, 4.69) is 9.55 Å². The lowest BCUT2D eigenvalue weighted by Gasteiger charge is -2.19. The van der Waals surface area contributed by atoms with E-state index in [0.29, 0.717) is 0 Å². The normalized spacial score (nSPS) is 20.1. The van der Waals surface area contributed by atoms with E-state index in [1.54, 1.807) is 0 Å². The molecule has 17 heavy (non-hydrogen) atoms. The molecule has 96 valence electrons. The summed E-state index contributed by atoms with van der Waals surface area (Å²) >= 11 is 0. The summed E-state index contributed by atoms with van der Waals surface area (Å²) in [5, 5.41) is 0. The van der Waals surface area contributed by atoms with Crippen molar-refractivity contribution in [3.05, 3.63) is 18.2 Å². The van der Waals surface area contributed by atoms with E-state index in [1.165, 1.54) is 44.9 Å². The van der Waals surface area contributed by atoms with Crippen molar-refractivity contribution in [2.75, 3.05) is 0 Å². The second-order valence-electron chi connectivity index (χ2n) is 5.51. The van der Waals surface area contributed by atoms with Crippen LogP contribution in [0.15, 0.2) is 12.4 Å². The number of nitrogens with two attached hydrogens (primary N) is 1. The highest BCUT2D eigenvalue weighted by atomic mass is 15.0. The van der Waals surface area contributed by atoms with Gasteiger partial charge in [0.1, 0.15) is 5.82 Å². The van der Waals surface area contributed by atoms with Crippen LogP contribution in [-0.4, -0.2) is 15.6 Å². The Kier molecular flexibility index (Phi) is 4.60. The van der Waals surface area contributed by atoms with Crippen molar-refractivity contribution < 1.29 is 0 Å². The van der Waals surface area contributed by atoms with Gasteiger partial charge in [-0.3, -0.25) is 0 Å². The molecule has 1 aromatic heterocycles. The Morgan fingerprint density at radius 2 is 2.06 bits per heavy atom. The van der Waals surface area contributed by atoms with Gasteiger partial charge in [-0.15, -0.1) is 0 Å². The molecule has 3 nitrogen and oxygen atoms in total. The molecule has 0 aromatic carbocycles. The molecule has 0 saturated heterocycles. The van der Waals surface area contributed by atoms with Crippen LogP contribution in [0.5, 0.6) is 0 Å². The molecule has 0 spiro atoms. The summed E-state index contributed by atoms with van der Waals surface area (Å²) < 4.78 is 2.08. The molecule has 1 aliphatic rings.